The van der Waals surface area contributed by atoms with Gasteiger partial charge in [0.25, 0.3) is 6.47 Å². The normalized spacial score (nSPS) is 9.30. The van der Waals surface area contributed by atoms with E-state index in [2.05, 4.69) is 26.7 Å². The van der Waals surface area contributed by atoms with Crippen LogP contribution in [0.5, 0.6) is 0 Å². The largest absolute Gasteiger partial charge is 0.463 e. The summed E-state index contributed by atoms with van der Waals surface area (Å²) in [6.07, 6.45) is 0.946. The second kappa shape index (κ2) is 10.2. The highest BCUT2D eigenvalue weighted by Crippen LogP contribution is 2.15. The molecule has 0 aliphatic rings. The van der Waals surface area contributed by atoms with Gasteiger partial charge in [0.05, 0.1) is 0 Å². The Morgan fingerprint density at radius 1 is 1.05 bits per heavy atom. The zero-order valence-electron chi connectivity index (χ0n) is 11.2. The second-order valence-electron chi connectivity index (χ2n) is 4.02. The van der Waals surface area contributed by atoms with Crippen LogP contribution in [0.3, 0.4) is 0 Å². The lowest BCUT2D eigenvalue weighted by Gasteiger charge is -1.99. The summed E-state index contributed by atoms with van der Waals surface area (Å²) in [6.45, 7) is 1.53. The Balaban J connectivity index is 0.000000200. The summed E-state index contributed by atoms with van der Waals surface area (Å²) < 4.78 is 5.69. The second-order valence-corrected chi connectivity index (χ2v) is 4.88. The maximum absolute atomic E-state index is 9.76. The molecule has 0 aromatic heterocycles. The summed E-state index contributed by atoms with van der Waals surface area (Å²) in [5, 5.41) is 0. The van der Waals surface area contributed by atoms with Gasteiger partial charge < -0.3 is 10.5 Å². The fraction of sp³-hybridized carbons (Fsp3) is 0.188. The molecule has 0 radical (unpaired) electrons. The van der Waals surface area contributed by atoms with Crippen LogP contribution in [0.4, 0.5) is 0 Å². The summed E-state index contributed by atoms with van der Waals surface area (Å²) in [5.74, 6) is 0. The summed E-state index contributed by atoms with van der Waals surface area (Å²) in [5.41, 5.74) is 7.70. The first-order valence-corrected chi connectivity index (χ1v) is 7.10. The minimum atomic E-state index is 0.365. The van der Waals surface area contributed by atoms with E-state index >= 15 is 0 Å². The van der Waals surface area contributed by atoms with Gasteiger partial charge in [-0.1, -0.05) is 64.5 Å². The van der Waals surface area contributed by atoms with Gasteiger partial charge in [-0.15, -0.1) is 0 Å². The van der Waals surface area contributed by atoms with E-state index in [1.807, 2.05) is 48.5 Å². The number of carbonyl (C=O) groups excluding carboxylic acids is 1. The van der Waals surface area contributed by atoms with Crippen LogP contribution in [0.2, 0.25) is 0 Å². The van der Waals surface area contributed by atoms with Crippen LogP contribution < -0.4 is 5.73 Å². The highest BCUT2D eigenvalue weighted by molar-refractivity contribution is 9.10. The maximum atomic E-state index is 9.76. The first kappa shape index (κ1) is 16.4. The van der Waals surface area contributed by atoms with Gasteiger partial charge in [-0.2, -0.15) is 0 Å². The van der Waals surface area contributed by atoms with Gasteiger partial charge in [-0.25, -0.2) is 0 Å². The van der Waals surface area contributed by atoms with Crippen molar-refractivity contribution in [2.24, 2.45) is 5.73 Å². The van der Waals surface area contributed by atoms with Crippen LogP contribution in [0.25, 0.3) is 0 Å². The third-order valence-corrected chi connectivity index (χ3v) is 3.31. The molecular weight excluding hydrogens is 318 g/mol. The Kier molecular flexibility index (Phi) is 8.35. The Labute approximate surface area is 127 Å². The number of nitrogens with two attached hydrogens (primary N) is 1. The molecule has 0 aliphatic heterocycles. The number of hydrogen-bond donors (Lipinski definition) is 1. The van der Waals surface area contributed by atoms with Gasteiger partial charge in [0, 0.05) is 4.47 Å². The molecular formula is C16H18BrNO2. The molecule has 0 heterocycles. The third-order valence-electron chi connectivity index (χ3n) is 2.53. The summed E-state index contributed by atoms with van der Waals surface area (Å²) in [7, 11) is 0. The van der Waals surface area contributed by atoms with Gasteiger partial charge in [0.15, 0.2) is 0 Å². The van der Waals surface area contributed by atoms with E-state index in [0.29, 0.717) is 19.6 Å². The molecule has 2 aromatic carbocycles. The fourth-order valence-corrected chi connectivity index (χ4v) is 2.04. The van der Waals surface area contributed by atoms with E-state index in [0.717, 1.165) is 16.5 Å². The lowest BCUT2D eigenvalue weighted by Crippen LogP contribution is -2.02. The Morgan fingerprint density at radius 2 is 1.70 bits per heavy atom. The molecule has 20 heavy (non-hydrogen) atoms. The Hall–Kier alpha value is -1.65. The van der Waals surface area contributed by atoms with Crippen LogP contribution in [-0.4, -0.2) is 13.0 Å². The minimum Gasteiger partial charge on any atom is -0.463 e. The van der Waals surface area contributed by atoms with Crippen LogP contribution in [0, 0.1) is 0 Å². The van der Waals surface area contributed by atoms with E-state index in [9.17, 15) is 4.79 Å². The standard InChI is InChI=1S/C8H10BrN.C8H8O2/c9-8-4-2-1-3-7(8)5-6-10;9-7-10-6-8-4-2-1-3-5-8/h1-4H,5-6,10H2;1-5,7H,6H2. The summed E-state index contributed by atoms with van der Waals surface area (Å²) in [6, 6.07) is 17.7. The number of ether oxygens (including phenoxy) is 1. The molecule has 0 aliphatic carbocycles. The third kappa shape index (κ3) is 6.50. The van der Waals surface area contributed by atoms with Gasteiger partial charge in [0.2, 0.25) is 0 Å². The van der Waals surface area contributed by atoms with Crippen molar-refractivity contribution in [3.05, 3.63) is 70.2 Å². The van der Waals surface area contributed by atoms with Crippen molar-refractivity contribution in [2.75, 3.05) is 6.54 Å². The van der Waals surface area contributed by atoms with Crippen molar-refractivity contribution in [3.8, 4) is 0 Å². The van der Waals surface area contributed by atoms with Gasteiger partial charge >= 0.3 is 0 Å². The molecule has 0 spiro atoms. The van der Waals surface area contributed by atoms with E-state index in [1.165, 1.54) is 5.56 Å². The zero-order chi connectivity index (χ0) is 14.6. The monoisotopic (exact) mass is 335 g/mol. The molecule has 0 fully saturated rings. The predicted octanol–water partition coefficient (Wildman–Crippen LogP) is 3.31. The van der Waals surface area contributed by atoms with Crippen molar-refractivity contribution >= 4 is 22.4 Å². The molecule has 0 amide bonds. The molecule has 0 atom stereocenters. The number of rotatable bonds is 5. The molecule has 2 N–H and O–H groups in total. The molecule has 2 rings (SSSR count). The van der Waals surface area contributed by atoms with Crippen LogP contribution in [-0.2, 0) is 22.6 Å². The highest BCUT2D eigenvalue weighted by atomic mass is 79.9. The molecule has 0 saturated carbocycles. The smallest absolute Gasteiger partial charge is 0.293 e. The van der Waals surface area contributed by atoms with Crippen LogP contribution in [0.15, 0.2) is 59.1 Å². The summed E-state index contributed by atoms with van der Waals surface area (Å²) >= 11 is 3.44. The number of hydrogen-bond acceptors (Lipinski definition) is 3. The molecule has 2 aromatic rings. The Morgan fingerprint density at radius 3 is 2.30 bits per heavy atom. The van der Waals surface area contributed by atoms with Crippen molar-refractivity contribution in [1.82, 2.24) is 0 Å². The number of carbonyl (C=O) groups is 1. The van der Waals surface area contributed by atoms with Crippen LogP contribution in [0.1, 0.15) is 11.1 Å². The topological polar surface area (TPSA) is 52.3 Å². The first-order chi connectivity index (χ1) is 9.77. The summed E-state index contributed by atoms with van der Waals surface area (Å²) in [4.78, 5) is 9.76. The number of benzene rings is 2. The number of halogens is 1. The van der Waals surface area contributed by atoms with Crippen LogP contribution >= 0.6 is 15.9 Å². The van der Waals surface area contributed by atoms with Crippen molar-refractivity contribution in [2.45, 2.75) is 13.0 Å². The molecule has 0 unspecified atom stereocenters. The average Bonchev–Trinajstić information content (AvgIpc) is 2.49. The van der Waals surface area contributed by atoms with E-state index < -0.39 is 0 Å². The van der Waals surface area contributed by atoms with Gasteiger partial charge in [0.1, 0.15) is 6.61 Å². The van der Waals surface area contributed by atoms with E-state index in [-0.39, 0.29) is 0 Å². The fourth-order valence-electron chi connectivity index (χ4n) is 1.56. The van der Waals surface area contributed by atoms with E-state index in [4.69, 9.17) is 5.73 Å². The SMILES string of the molecule is NCCc1ccccc1Br.O=COCc1ccccc1. The maximum Gasteiger partial charge on any atom is 0.293 e. The molecule has 0 saturated heterocycles. The lowest BCUT2D eigenvalue weighted by atomic mass is 10.2. The van der Waals surface area contributed by atoms with Gasteiger partial charge in [-0.3, -0.25) is 4.79 Å². The van der Waals surface area contributed by atoms with Crippen molar-refractivity contribution < 1.29 is 9.53 Å². The van der Waals surface area contributed by atoms with Crippen molar-refractivity contribution in [3.63, 3.8) is 0 Å². The Bertz CT molecular complexity index is 503. The van der Waals surface area contributed by atoms with Crippen molar-refractivity contribution in [1.29, 1.82) is 0 Å². The zero-order valence-corrected chi connectivity index (χ0v) is 12.8. The molecule has 0 bridgehead atoms. The van der Waals surface area contributed by atoms with Gasteiger partial charge in [-0.05, 0) is 30.2 Å². The first-order valence-electron chi connectivity index (χ1n) is 6.30. The minimum absolute atomic E-state index is 0.365. The average molecular weight is 336 g/mol. The molecule has 3 nitrogen and oxygen atoms in total. The predicted molar refractivity (Wildman–Crippen MR) is 84.2 cm³/mol. The highest BCUT2D eigenvalue weighted by Gasteiger charge is 1.94. The van der Waals surface area contributed by atoms with E-state index in [1.54, 1.807) is 0 Å². The molecule has 106 valence electrons. The lowest BCUT2D eigenvalue weighted by molar-refractivity contribution is -0.129. The molecule has 4 heteroatoms. The quantitative estimate of drug-likeness (QED) is 0.853.